The van der Waals surface area contributed by atoms with Gasteiger partial charge >= 0.3 is 5.97 Å². The van der Waals surface area contributed by atoms with Crippen LogP contribution in [0.2, 0.25) is 0 Å². The minimum absolute atomic E-state index is 0.172. The topological polar surface area (TPSA) is 82.5 Å². The molecule has 6 heteroatoms. The van der Waals surface area contributed by atoms with Crippen LogP contribution >= 0.6 is 0 Å². The van der Waals surface area contributed by atoms with Crippen molar-refractivity contribution < 1.29 is 14.7 Å². The van der Waals surface area contributed by atoms with E-state index in [1.165, 1.54) is 6.20 Å². The molecule has 0 bridgehead atoms. The highest BCUT2D eigenvalue weighted by atomic mass is 16.4. The summed E-state index contributed by atoms with van der Waals surface area (Å²) in [7, 11) is 1.75. The average molecular weight is 277 g/mol. The minimum Gasteiger partial charge on any atom is -0.481 e. The van der Waals surface area contributed by atoms with E-state index in [9.17, 15) is 9.59 Å². The first-order chi connectivity index (χ1) is 9.35. The van der Waals surface area contributed by atoms with Crippen molar-refractivity contribution >= 4 is 17.7 Å². The number of carboxylic acids is 1. The number of anilines is 1. The SMILES string of the molecule is CNc1ccc(C(=O)N2CC(C(=O)O)CC2(C)C)cn1. The zero-order valence-electron chi connectivity index (χ0n) is 11.9. The van der Waals surface area contributed by atoms with Crippen molar-refractivity contribution in [2.24, 2.45) is 5.92 Å². The monoisotopic (exact) mass is 277 g/mol. The van der Waals surface area contributed by atoms with Gasteiger partial charge in [0.15, 0.2) is 0 Å². The number of carboxylic acid groups (broad SMARTS) is 1. The van der Waals surface area contributed by atoms with E-state index in [1.54, 1.807) is 24.1 Å². The maximum absolute atomic E-state index is 12.5. The van der Waals surface area contributed by atoms with Crippen LogP contribution in [0.3, 0.4) is 0 Å². The zero-order valence-corrected chi connectivity index (χ0v) is 11.9. The fraction of sp³-hybridized carbons (Fsp3) is 0.500. The number of nitrogens with one attached hydrogen (secondary N) is 1. The molecule has 1 saturated heterocycles. The Balaban J connectivity index is 2.21. The maximum atomic E-state index is 12.5. The van der Waals surface area contributed by atoms with Crippen LogP contribution in [0.5, 0.6) is 0 Å². The zero-order chi connectivity index (χ0) is 14.9. The van der Waals surface area contributed by atoms with Gasteiger partial charge in [0, 0.05) is 25.3 Å². The Hall–Kier alpha value is -2.11. The standard InChI is InChI=1S/C14H19N3O3/c1-14(2)6-10(13(19)20)8-17(14)12(18)9-4-5-11(15-3)16-7-9/h4-5,7,10H,6,8H2,1-3H3,(H,15,16)(H,19,20). The number of hydrogen-bond acceptors (Lipinski definition) is 4. The Bertz CT molecular complexity index is 525. The molecule has 0 spiro atoms. The first-order valence-electron chi connectivity index (χ1n) is 6.54. The normalized spacial score (nSPS) is 20.8. The fourth-order valence-electron chi connectivity index (χ4n) is 2.59. The second-order valence-electron chi connectivity index (χ2n) is 5.65. The van der Waals surface area contributed by atoms with Crippen LogP contribution in [0.15, 0.2) is 18.3 Å². The van der Waals surface area contributed by atoms with Crippen LogP contribution in [0.1, 0.15) is 30.6 Å². The average Bonchev–Trinajstić information content (AvgIpc) is 2.74. The molecule has 0 saturated carbocycles. The van der Waals surface area contributed by atoms with E-state index in [1.807, 2.05) is 13.8 Å². The third kappa shape index (κ3) is 2.59. The summed E-state index contributed by atoms with van der Waals surface area (Å²) in [5.74, 6) is -0.838. The molecule has 0 aromatic carbocycles. The molecule has 2 rings (SSSR count). The summed E-state index contributed by atoms with van der Waals surface area (Å²) in [4.78, 5) is 29.4. The molecule has 2 N–H and O–H groups in total. The van der Waals surface area contributed by atoms with Gasteiger partial charge in [-0.3, -0.25) is 9.59 Å². The number of likely N-dealkylation sites (tertiary alicyclic amines) is 1. The molecule has 1 aliphatic rings. The first-order valence-corrected chi connectivity index (χ1v) is 6.54. The van der Waals surface area contributed by atoms with Crippen molar-refractivity contribution in [2.45, 2.75) is 25.8 Å². The minimum atomic E-state index is -0.850. The number of carbonyl (C=O) groups is 2. The van der Waals surface area contributed by atoms with E-state index in [4.69, 9.17) is 5.11 Å². The lowest BCUT2D eigenvalue weighted by Crippen LogP contribution is -2.42. The van der Waals surface area contributed by atoms with Gasteiger partial charge in [-0.25, -0.2) is 4.98 Å². The molecule has 1 aromatic heterocycles. The Morgan fingerprint density at radius 3 is 2.60 bits per heavy atom. The summed E-state index contributed by atoms with van der Waals surface area (Å²) in [6.45, 7) is 4.03. The summed E-state index contributed by atoms with van der Waals surface area (Å²) in [6, 6.07) is 3.43. The summed E-state index contributed by atoms with van der Waals surface area (Å²) >= 11 is 0. The van der Waals surface area contributed by atoms with Crippen LogP contribution in [-0.4, -0.2) is 46.0 Å². The van der Waals surface area contributed by atoms with E-state index in [-0.39, 0.29) is 12.5 Å². The van der Waals surface area contributed by atoms with E-state index in [0.717, 1.165) is 0 Å². The fourth-order valence-corrected chi connectivity index (χ4v) is 2.59. The lowest BCUT2D eigenvalue weighted by atomic mass is 9.96. The van der Waals surface area contributed by atoms with Gasteiger partial charge in [-0.1, -0.05) is 0 Å². The van der Waals surface area contributed by atoms with Crippen molar-refractivity contribution in [2.75, 3.05) is 18.9 Å². The summed E-state index contributed by atoms with van der Waals surface area (Å²) in [5.41, 5.74) is 0.0186. The van der Waals surface area contributed by atoms with Gasteiger partial charge in [0.2, 0.25) is 0 Å². The molecule has 1 amide bonds. The van der Waals surface area contributed by atoms with Crippen molar-refractivity contribution in [3.63, 3.8) is 0 Å². The molecule has 1 fully saturated rings. The molecule has 0 radical (unpaired) electrons. The van der Waals surface area contributed by atoms with E-state index in [2.05, 4.69) is 10.3 Å². The largest absolute Gasteiger partial charge is 0.481 e. The van der Waals surface area contributed by atoms with Crippen molar-refractivity contribution in [3.05, 3.63) is 23.9 Å². The third-order valence-electron chi connectivity index (χ3n) is 3.74. The van der Waals surface area contributed by atoms with Gasteiger partial charge in [-0.2, -0.15) is 0 Å². The van der Waals surface area contributed by atoms with Crippen molar-refractivity contribution in [1.29, 1.82) is 0 Å². The van der Waals surface area contributed by atoms with Gasteiger partial charge in [-0.05, 0) is 32.4 Å². The highest BCUT2D eigenvalue weighted by Gasteiger charge is 2.44. The summed E-state index contributed by atoms with van der Waals surface area (Å²) in [5, 5.41) is 12.0. The number of aromatic nitrogens is 1. The Labute approximate surface area is 117 Å². The Morgan fingerprint density at radius 1 is 1.45 bits per heavy atom. The van der Waals surface area contributed by atoms with E-state index < -0.39 is 17.4 Å². The predicted molar refractivity (Wildman–Crippen MR) is 74.6 cm³/mol. The van der Waals surface area contributed by atoms with Crippen molar-refractivity contribution in [3.8, 4) is 0 Å². The number of pyridine rings is 1. The molecule has 2 heterocycles. The van der Waals surface area contributed by atoms with Gasteiger partial charge in [0.1, 0.15) is 5.82 Å². The highest BCUT2D eigenvalue weighted by molar-refractivity contribution is 5.95. The number of amides is 1. The van der Waals surface area contributed by atoms with Crippen LogP contribution in [0.4, 0.5) is 5.82 Å². The molecule has 1 aliphatic heterocycles. The molecule has 0 aliphatic carbocycles. The van der Waals surface area contributed by atoms with Crippen LogP contribution in [0.25, 0.3) is 0 Å². The lowest BCUT2D eigenvalue weighted by Gasteiger charge is -2.31. The van der Waals surface area contributed by atoms with Crippen LogP contribution in [-0.2, 0) is 4.79 Å². The Morgan fingerprint density at radius 2 is 2.15 bits per heavy atom. The molecule has 1 unspecified atom stereocenters. The molecular weight excluding hydrogens is 258 g/mol. The molecular formula is C14H19N3O3. The van der Waals surface area contributed by atoms with Crippen molar-refractivity contribution in [1.82, 2.24) is 9.88 Å². The predicted octanol–water partition coefficient (Wildman–Crippen LogP) is 1.45. The Kier molecular flexibility index (Phi) is 3.65. The number of rotatable bonds is 3. The van der Waals surface area contributed by atoms with Crippen LogP contribution in [0, 0.1) is 5.92 Å². The second-order valence-corrected chi connectivity index (χ2v) is 5.65. The van der Waals surface area contributed by atoms with Gasteiger partial charge in [0.25, 0.3) is 5.91 Å². The van der Waals surface area contributed by atoms with Gasteiger partial charge in [-0.15, -0.1) is 0 Å². The molecule has 6 nitrogen and oxygen atoms in total. The van der Waals surface area contributed by atoms with Gasteiger partial charge in [0.05, 0.1) is 11.5 Å². The summed E-state index contributed by atoms with van der Waals surface area (Å²) < 4.78 is 0. The summed E-state index contributed by atoms with van der Waals surface area (Å²) in [6.07, 6.45) is 1.98. The molecule has 108 valence electrons. The molecule has 1 atom stereocenters. The molecule has 1 aromatic rings. The number of hydrogen-bond donors (Lipinski definition) is 2. The van der Waals surface area contributed by atoms with E-state index >= 15 is 0 Å². The maximum Gasteiger partial charge on any atom is 0.308 e. The number of nitrogens with zero attached hydrogens (tertiary/aromatic N) is 2. The van der Waals surface area contributed by atoms with Gasteiger partial charge < -0.3 is 15.3 Å². The quantitative estimate of drug-likeness (QED) is 0.873. The third-order valence-corrected chi connectivity index (χ3v) is 3.74. The number of aliphatic carboxylic acids is 1. The highest BCUT2D eigenvalue weighted by Crippen LogP contribution is 2.33. The van der Waals surface area contributed by atoms with E-state index in [0.29, 0.717) is 17.8 Å². The smallest absolute Gasteiger partial charge is 0.308 e. The van der Waals surface area contributed by atoms with Crippen LogP contribution < -0.4 is 5.32 Å². The molecule has 20 heavy (non-hydrogen) atoms. The lowest BCUT2D eigenvalue weighted by molar-refractivity contribution is -0.141. The number of carbonyl (C=O) groups excluding carboxylic acids is 1. The second kappa shape index (κ2) is 5.11. The first kappa shape index (κ1) is 14.3.